The van der Waals surface area contributed by atoms with Crippen LogP contribution in [-0.4, -0.2) is 5.78 Å². The Labute approximate surface area is 99.1 Å². The Balaban J connectivity index is 2.18. The molecule has 0 fully saturated rings. The Morgan fingerprint density at radius 2 is 2.00 bits per heavy atom. The summed E-state index contributed by atoms with van der Waals surface area (Å²) in [5.41, 5.74) is 1.79. The van der Waals surface area contributed by atoms with Gasteiger partial charge in [-0.1, -0.05) is 30.3 Å². The minimum absolute atomic E-state index is 0.0616. The van der Waals surface area contributed by atoms with Gasteiger partial charge in [0.1, 0.15) is 0 Å². The first-order valence-corrected chi connectivity index (χ1v) is 5.97. The zero-order valence-corrected chi connectivity index (χ0v) is 9.83. The van der Waals surface area contributed by atoms with Crippen molar-refractivity contribution in [3.05, 3.63) is 63.9 Å². The van der Waals surface area contributed by atoms with Crippen LogP contribution in [0.15, 0.2) is 47.9 Å². The van der Waals surface area contributed by atoms with Gasteiger partial charge in [0.05, 0.1) is 0 Å². The van der Waals surface area contributed by atoms with Gasteiger partial charge in [-0.15, -0.1) is 11.3 Å². The molecule has 0 aliphatic carbocycles. The van der Waals surface area contributed by atoms with E-state index in [1.165, 1.54) is 0 Å². The molecular formula is C14H12OS. The van der Waals surface area contributed by atoms with E-state index in [1.54, 1.807) is 17.4 Å². The molecule has 2 heteroatoms. The molecule has 0 bridgehead atoms. The number of hydrogen-bond donors (Lipinski definition) is 0. The molecule has 0 aliphatic rings. The van der Waals surface area contributed by atoms with Gasteiger partial charge < -0.3 is 0 Å². The molecule has 1 heterocycles. The first-order chi connectivity index (χ1) is 7.77. The van der Waals surface area contributed by atoms with Gasteiger partial charge in [0.15, 0.2) is 5.78 Å². The van der Waals surface area contributed by atoms with Crippen molar-refractivity contribution in [1.82, 2.24) is 0 Å². The zero-order valence-electron chi connectivity index (χ0n) is 9.01. The second-order valence-corrected chi connectivity index (χ2v) is 4.51. The number of ketones is 1. The SMILES string of the molecule is Cc1ccccc1C(=O)/C=C/c1cccs1. The number of allylic oxidation sites excluding steroid dienone is 1. The van der Waals surface area contributed by atoms with Crippen molar-refractivity contribution in [2.24, 2.45) is 0 Å². The average molecular weight is 228 g/mol. The van der Waals surface area contributed by atoms with Crippen LogP contribution >= 0.6 is 11.3 Å². The lowest BCUT2D eigenvalue weighted by Gasteiger charge is -1.99. The summed E-state index contributed by atoms with van der Waals surface area (Å²) in [5.74, 6) is 0.0616. The van der Waals surface area contributed by atoms with Crippen molar-refractivity contribution in [3.63, 3.8) is 0 Å². The molecule has 2 rings (SSSR count). The van der Waals surface area contributed by atoms with Crippen LogP contribution in [0, 0.1) is 6.92 Å². The number of rotatable bonds is 3. The number of hydrogen-bond acceptors (Lipinski definition) is 2. The van der Waals surface area contributed by atoms with Crippen molar-refractivity contribution in [2.75, 3.05) is 0 Å². The van der Waals surface area contributed by atoms with Crippen LogP contribution in [0.5, 0.6) is 0 Å². The Morgan fingerprint density at radius 1 is 1.19 bits per heavy atom. The van der Waals surface area contributed by atoms with Crippen molar-refractivity contribution >= 4 is 23.2 Å². The smallest absolute Gasteiger partial charge is 0.186 e. The van der Waals surface area contributed by atoms with Gasteiger partial charge in [0.25, 0.3) is 0 Å². The van der Waals surface area contributed by atoms with Crippen LogP contribution in [-0.2, 0) is 0 Å². The molecular weight excluding hydrogens is 216 g/mol. The summed E-state index contributed by atoms with van der Waals surface area (Å²) >= 11 is 1.63. The van der Waals surface area contributed by atoms with Gasteiger partial charge in [0, 0.05) is 10.4 Å². The zero-order chi connectivity index (χ0) is 11.4. The second kappa shape index (κ2) is 4.90. The molecule has 0 atom stereocenters. The highest BCUT2D eigenvalue weighted by molar-refractivity contribution is 7.10. The highest BCUT2D eigenvalue weighted by Gasteiger charge is 2.03. The predicted octanol–water partition coefficient (Wildman–Crippen LogP) is 3.95. The summed E-state index contributed by atoms with van der Waals surface area (Å²) in [6, 6.07) is 11.6. The molecule has 0 N–H and O–H groups in total. The number of carbonyl (C=O) groups is 1. The molecule has 0 unspecified atom stereocenters. The fourth-order valence-electron chi connectivity index (χ4n) is 1.48. The van der Waals surface area contributed by atoms with Crippen molar-refractivity contribution in [1.29, 1.82) is 0 Å². The molecule has 16 heavy (non-hydrogen) atoms. The van der Waals surface area contributed by atoms with E-state index in [-0.39, 0.29) is 5.78 Å². The van der Waals surface area contributed by atoms with E-state index in [2.05, 4.69) is 0 Å². The number of aryl methyl sites for hydroxylation is 1. The lowest BCUT2D eigenvalue weighted by molar-refractivity contribution is 0.104. The van der Waals surface area contributed by atoms with Gasteiger partial charge in [-0.3, -0.25) is 4.79 Å². The van der Waals surface area contributed by atoms with Crippen LogP contribution in [0.4, 0.5) is 0 Å². The molecule has 0 saturated carbocycles. The highest BCUT2D eigenvalue weighted by atomic mass is 32.1. The summed E-state index contributed by atoms with van der Waals surface area (Å²) in [5, 5.41) is 2.00. The van der Waals surface area contributed by atoms with E-state index >= 15 is 0 Å². The summed E-state index contributed by atoms with van der Waals surface area (Å²) in [7, 11) is 0. The van der Waals surface area contributed by atoms with E-state index in [4.69, 9.17) is 0 Å². The Morgan fingerprint density at radius 3 is 2.69 bits per heavy atom. The maximum atomic E-state index is 11.9. The van der Waals surface area contributed by atoms with E-state index < -0.39 is 0 Å². The van der Waals surface area contributed by atoms with E-state index in [1.807, 2.05) is 54.8 Å². The standard InChI is InChI=1S/C14H12OS/c1-11-5-2-3-7-13(11)14(15)9-8-12-6-4-10-16-12/h2-10H,1H3/b9-8+. The lowest BCUT2D eigenvalue weighted by atomic mass is 10.0. The van der Waals surface area contributed by atoms with Crippen molar-refractivity contribution in [2.45, 2.75) is 6.92 Å². The molecule has 0 aliphatic heterocycles. The van der Waals surface area contributed by atoms with Gasteiger partial charge in [-0.25, -0.2) is 0 Å². The second-order valence-electron chi connectivity index (χ2n) is 3.53. The first-order valence-electron chi connectivity index (χ1n) is 5.09. The first kappa shape index (κ1) is 10.8. The van der Waals surface area contributed by atoms with Crippen LogP contribution < -0.4 is 0 Å². The fourth-order valence-corrected chi connectivity index (χ4v) is 2.10. The van der Waals surface area contributed by atoms with Crippen molar-refractivity contribution < 1.29 is 4.79 Å². The lowest BCUT2D eigenvalue weighted by Crippen LogP contribution is -1.96. The van der Waals surface area contributed by atoms with E-state index in [0.717, 1.165) is 16.0 Å². The molecule has 0 amide bonds. The van der Waals surface area contributed by atoms with Crippen LogP contribution in [0.1, 0.15) is 20.8 Å². The number of carbonyl (C=O) groups excluding carboxylic acids is 1. The maximum Gasteiger partial charge on any atom is 0.186 e. The molecule has 1 aromatic carbocycles. The minimum Gasteiger partial charge on any atom is -0.289 e. The third kappa shape index (κ3) is 2.47. The van der Waals surface area contributed by atoms with Crippen LogP contribution in [0.25, 0.3) is 6.08 Å². The number of thiophene rings is 1. The molecule has 0 saturated heterocycles. The third-order valence-corrected chi connectivity index (χ3v) is 3.19. The molecule has 80 valence electrons. The molecule has 1 nitrogen and oxygen atoms in total. The van der Waals surface area contributed by atoms with E-state index in [0.29, 0.717) is 0 Å². The predicted molar refractivity (Wildman–Crippen MR) is 68.9 cm³/mol. The summed E-state index contributed by atoms with van der Waals surface area (Å²) in [4.78, 5) is 13.0. The Bertz CT molecular complexity index is 509. The van der Waals surface area contributed by atoms with Gasteiger partial charge in [-0.05, 0) is 36.1 Å². The average Bonchev–Trinajstić information content (AvgIpc) is 2.79. The number of benzene rings is 1. The molecule has 0 spiro atoms. The summed E-state index contributed by atoms with van der Waals surface area (Å²) in [6.45, 7) is 1.95. The quantitative estimate of drug-likeness (QED) is 0.574. The van der Waals surface area contributed by atoms with Crippen molar-refractivity contribution in [3.8, 4) is 0 Å². The normalized spacial score (nSPS) is 10.8. The van der Waals surface area contributed by atoms with Gasteiger partial charge >= 0.3 is 0 Å². The largest absolute Gasteiger partial charge is 0.289 e. The maximum absolute atomic E-state index is 11.9. The summed E-state index contributed by atoms with van der Waals surface area (Å²) in [6.07, 6.45) is 3.49. The Hall–Kier alpha value is -1.67. The van der Waals surface area contributed by atoms with E-state index in [9.17, 15) is 4.79 Å². The topological polar surface area (TPSA) is 17.1 Å². The molecule has 2 aromatic rings. The summed E-state index contributed by atoms with van der Waals surface area (Å²) < 4.78 is 0. The highest BCUT2D eigenvalue weighted by Crippen LogP contribution is 2.13. The van der Waals surface area contributed by atoms with Crippen LogP contribution in [0.3, 0.4) is 0 Å². The fraction of sp³-hybridized carbons (Fsp3) is 0.0714. The third-order valence-electron chi connectivity index (χ3n) is 2.35. The minimum atomic E-state index is 0.0616. The van der Waals surface area contributed by atoms with Crippen LogP contribution in [0.2, 0.25) is 0 Å². The molecule has 0 radical (unpaired) electrons. The van der Waals surface area contributed by atoms with Gasteiger partial charge in [-0.2, -0.15) is 0 Å². The Kier molecular flexibility index (Phi) is 3.32. The molecule has 1 aromatic heterocycles. The monoisotopic (exact) mass is 228 g/mol. The van der Waals surface area contributed by atoms with Gasteiger partial charge in [0.2, 0.25) is 0 Å².